The molecule has 0 unspecified atom stereocenters. The number of hydrogen-bond acceptors (Lipinski definition) is 5. The van der Waals surface area contributed by atoms with E-state index >= 15 is 0 Å². The van der Waals surface area contributed by atoms with Crippen LogP contribution in [0.3, 0.4) is 0 Å². The first-order valence-corrected chi connectivity index (χ1v) is 6.18. The maximum Gasteiger partial charge on any atom is 0.346 e. The predicted octanol–water partition coefficient (Wildman–Crippen LogP) is 2.40. The monoisotopic (exact) mass is 327 g/mol. The first-order chi connectivity index (χ1) is 8.99. The van der Waals surface area contributed by atoms with E-state index in [2.05, 4.69) is 30.7 Å². The van der Waals surface area contributed by atoms with Gasteiger partial charge in [-0.05, 0) is 24.6 Å². The first kappa shape index (κ1) is 15.2. The summed E-state index contributed by atoms with van der Waals surface area (Å²) in [6, 6.07) is 5.55. The van der Waals surface area contributed by atoms with E-state index in [9.17, 15) is 9.59 Å². The van der Waals surface area contributed by atoms with Crippen LogP contribution in [-0.2, 0) is 19.1 Å². The minimum Gasteiger partial charge on any atom is -0.465 e. The van der Waals surface area contributed by atoms with Gasteiger partial charge in [0.1, 0.15) is 0 Å². The Morgan fingerprint density at radius 2 is 1.79 bits per heavy atom. The summed E-state index contributed by atoms with van der Waals surface area (Å²) < 4.78 is 9.94. The molecule has 0 saturated heterocycles. The van der Waals surface area contributed by atoms with Crippen molar-refractivity contribution in [2.45, 2.75) is 6.92 Å². The van der Waals surface area contributed by atoms with E-state index in [1.54, 1.807) is 0 Å². The Morgan fingerprint density at radius 1 is 1.21 bits per heavy atom. The Bertz CT molecular complexity index is 507. The fourth-order valence-corrected chi connectivity index (χ4v) is 1.64. The summed E-state index contributed by atoms with van der Waals surface area (Å²) in [5.41, 5.74) is 1.60. The van der Waals surface area contributed by atoms with Gasteiger partial charge in [-0.2, -0.15) is 0 Å². The molecule has 0 saturated carbocycles. The third-order valence-corrected chi connectivity index (χ3v) is 3.22. The van der Waals surface area contributed by atoms with Crippen molar-refractivity contribution >= 4 is 33.6 Å². The van der Waals surface area contributed by atoms with Gasteiger partial charge in [0.2, 0.25) is 0 Å². The third kappa shape index (κ3) is 4.10. The maximum atomic E-state index is 11.4. The number of hydrogen-bond donors (Lipinski definition) is 1. The Kier molecular flexibility index (Phi) is 5.57. The lowest BCUT2D eigenvalue weighted by Crippen LogP contribution is -2.17. The lowest BCUT2D eigenvalue weighted by molar-refractivity contribution is -0.144. The first-order valence-electron chi connectivity index (χ1n) is 5.39. The second kappa shape index (κ2) is 6.94. The topological polar surface area (TPSA) is 64.6 Å². The van der Waals surface area contributed by atoms with Crippen molar-refractivity contribution in [2.75, 3.05) is 19.5 Å². The molecule has 0 fully saturated rings. The molecule has 0 amide bonds. The van der Waals surface area contributed by atoms with Crippen LogP contribution >= 0.6 is 15.9 Å². The number of halogens is 1. The smallest absolute Gasteiger partial charge is 0.346 e. The van der Waals surface area contributed by atoms with Gasteiger partial charge in [-0.15, -0.1) is 0 Å². The van der Waals surface area contributed by atoms with Crippen LogP contribution in [0.4, 0.5) is 5.69 Å². The van der Waals surface area contributed by atoms with Crippen molar-refractivity contribution in [1.82, 2.24) is 0 Å². The van der Waals surface area contributed by atoms with E-state index in [0.29, 0.717) is 0 Å². The number of benzene rings is 1. The van der Waals surface area contributed by atoms with Crippen LogP contribution < -0.4 is 5.32 Å². The number of carbonyl (C=O) groups excluding carboxylic acids is 2. The quantitative estimate of drug-likeness (QED) is 0.398. The van der Waals surface area contributed by atoms with Crippen molar-refractivity contribution in [3.8, 4) is 0 Å². The average Bonchev–Trinajstić information content (AvgIpc) is 2.42. The number of ether oxygens (including phenoxy) is 2. The minimum atomic E-state index is -0.759. The van der Waals surface area contributed by atoms with Crippen LogP contribution in [0.5, 0.6) is 0 Å². The molecule has 1 rings (SSSR count). The number of aryl methyl sites for hydroxylation is 1. The van der Waals surface area contributed by atoms with Crippen molar-refractivity contribution in [3.63, 3.8) is 0 Å². The molecule has 0 heterocycles. The fourth-order valence-electron chi connectivity index (χ4n) is 1.26. The Hall–Kier alpha value is -1.82. The van der Waals surface area contributed by atoms with Gasteiger partial charge in [-0.3, -0.25) is 0 Å². The molecule has 0 aliphatic heterocycles. The van der Waals surface area contributed by atoms with Gasteiger partial charge >= 0.3 is 11.9 Å². The number of esters is 2. The summed E-state index contributed by atoms with van der Waals surface area (Å²) in [7, 11) is 2.39. The van der Waals surface area contributed by atoms with Crippen molar-refractivity contribution in [1.29, 1.82) is 0 Å². The number of carbonyl (C=O) groups is 2. The zero-order chi connectivity index (χ0) is 14.4. The normalized spacial score (nSPS) is 9.47. The number of methoxy groups -OCH3 is 2. The fraction of sp³-hybridized carbons (Fsp3) is 0.231. The second-order valence-corrected chi connectivity index (χ2v) is 4.50. The summed E-state index contributed by atoms with van der Waals surface area (Å²) in [6.07, 6.45) is 1.26. The van der Waals surface area contributed by atoms with Gasteiger partial charge in [-0.25, -0.2) is 9.59 Å². The summed E-state index contributed by atoms with van der Waals surface area (Å²) in [5, 5.41) is 2.85. The zero-order valence-electron chi connectivity index (χ0n) is 10.8. The summed E-state index contributed by atoms with van der Waals surface area (Å²) in [4.78, 5) is 22.8. The molecule has 1 aromatic carbocycles. The number of rotatable bonds is 4. The average molecular weight is 328 g/mol. The molecule has 0 aliphatic rings. The Morgan fingerprint density at radius 3 is 2.26 bits per heavy atom. The molecule has 0 aliphatic carbocycles. The number of nitrogens with one attached hydrogen (secondary N) is 1. The van der Waals surface area contributed by atoms with Crippen LogP contribution in [0.15, 0.2) is 34.4 Å². The highest BCUT2D eigenvalue weighted by molar-refractivity contribution is 9.10. The molecule has 0 spiro atoms. The Balaban J connectivity index is 2.94. The minimum absolute atomic E-state index is 0.207. The number of anilines is 1. The SMILES string of the molecule is COC(=O)C(=CNc1ccc(C)c(Br)c1)C(=O)OC. The highest BCUT2D eigenvalue weighted by atomic mass is 79.9. The highest BCUT2D eigenvalue weighted by Crippen LogP contribution is 2.20. The summed E-state index contributed by atoms with van der Waals surface area (Å²) in [5.74, 6) is -1.52. The molecule has 19 heavy (non-hydrogen) atoms. The van der Waals surface area contributed by atoms with E-state index in [0.717, 1.165) is 15.7 Å². The molecule has 0 bridgehead atoms. The maximum absolute atomic E-state index is 11.4. The van der Waals surface area contributed by atoms with Gasteiger partial charge in [-0.1, -0.05) is 22.0 Å². The van der Waals surface area contributed by atoms with E-state index in [1.807, 2.05) is 25.1 Å². The van der Waals surface area contributed by atoms with Gasteiger partial charge < -0.3 is 14.8 Å². The molecule has 0 aromatic heterocycles. The van der Waals surface area contributed by atoms with Gasteiger partial charge in [0, 0.05) is 16.4 Å². The second-order valence-electron chi connectivity index (χ2n) is 3.65. The van der Waals surface area contributed by atoms with E-state index in [1.165, 1.54) is 20.4 Å². The molecule has 5 nitrogen and oxygen atoms in total. The molecule has 6 heteroatoms. The van der Waals surface area contributed by atoms with Gasteiger partial charge in [0.25, 0.3) is 0 Å². The molecule has 1 aromatic rings. The molecule has 0 atom stereocenters. The van der Waals surface area contributed by atoms with Crippen LogP contribution in [-0.4, -0.2) is 26.2 Å². The highest BCUT2D eigenvalue weighted by Gasteiger charge is 2.19. The van der Waals surface area contributed by atoms with Crippen LogP contribution in [0.25, 0.3) is 0 Å². The molecular formula is C13H14BrNO4. The standard InChI is InChI=1S/C13H14BrNO4/c1-8-4-5-9(6-11(8)14)15-7-10(12(16)18-2)13(17)19-3/h4-7,15H,1-3H3. The van der Waals surface area contributed by atoms with E-state index < -0.39 is 11.9 Å². The van der Waals surface area contributed by atoms with E-state index in [4.69, 9.17) is 0 Å². The molecule has 102 valence electrons. The summed E-state index contributed by atoms with van der Waals surface area (Å²) >= 11 is 3.39. The predicted molar refractivity (Wildman–Crippen MR) is 74.6 cm³/mol. The summed E-state index contributed by atoms with van der Waals surface area (Å²) in [6.45, 7) is 1.96. The Labute approximate surface area is 119 Å². The van der Waals surface area contributed by atoms with Crippen molar-refractivity contribution < 1.29 is 19.1 Å². The largest absolute Gasteiger partial charge is 0.465 e. The van der Waals surface area contributed by atoms with Crippen LogP contribution in [0, 0.1) is 6.92 Å². The van der Waals surface area contributed by atoms with Crippen LogP contribution in [0.1, 0.15) is 5.56 Å². The lowest BCUT2D eigenvalue weighted by Gasteiger charge is -2.06. The van der Waals surface area contributed by atoms with E-state index in [-0.39, 0.29) is 5.57 Å². The van der Waals surface area contributed by atoms with Gasteiger partial charge in [0.15, 0.2) is 5.57 Å². The van der Waals surface area contributed by atoms with Gasteiger partial charge in [0.05, 0.1) is 14.2 Å². The molecular weight excluding hydrogens is 314 g/mol. The molecule has 1 N–H and O–H groups in total. The lowest BCUT2D eigenvalue weighted by atomic mass is 10.2. The van der Waals surface area contributed by atoms with Crippen molar-refractivity contribution in [2.24, 2.45) is 0 Å². The molecule has 0 radical (unpaired) electrons. The third-order valence-electron chi connectivity index (χ3n) is 2.37. The van der Waals surface area contributed by atoms with Crippen molar-refractivity contribution in [3.05, 3.63) is 40.0 Å². The zero-order valence-corrected chi connectivity index (χ0v) is 12.4. The van der Waals surface area contributed by atoms with Crippen LogP contribution in [0.2, 0.25) is 0 Å².